The Morgan fingerprint density at radius 3 is 2.68 bits per heavy atom. The number of hydrogen-bond donors (Lipinski definition) is 1. The van der Waals surface area contributed by atoms with Crippen LogP contribution in [0, 0.1) is 11.8 Å². The van der Waals surface area contributed by atoms with Gasteiger partial charge in [0.05, 0.1) is 5.60 Å². The van der Waals surface area contributed by atoms with E-state index in [2.05, 4.69) is 6.92 Å². The lowest BCUT2D eigenvalue weighted by atomic mass is 9.70. The maximum atomic E-state index is 12.5. The second kappa shape index (κ2) is 6.36. The molecule has 0 aromatic heterocycles. The minimum atomic E-state index is 0.0874. The molecule has 1 spiro atoms. The highest BCUT2D eigenvalue weighted by molar-refractivity contribution is 5.83. The van der Waals surface area contributed by atoms with Gasteiger partial charge in [-0.1, -0.05) is 13.3 Å². The summed E-state index contributed by atoms with van der Waals surface area (Å²) < 4.78 is 5.91. The molecule has 1 aliphatic carbocycles. The van der Waals surface area contributed by atoms with Gasteiger partial charge in [0.25, 0.3) is 0 Å². The van der Waals surface area contributed by atoms with Crippen LogP contribution in [-0.4, -0.2) is 24.0 Å². The molecule has 2 aliphatic rings. The molecule has 0 aromatic carbocycles. The fourth-order valence-electron chi connectivity index (χ4n) is 3.48. The average molecular weight is 267 g/mol. The van der Waals surface area contributed by atoms with E-state index in [1.807, 2.05) is 6.92 Å². The van der Waals surface area contributed by atoms with Gasteiger partial charge in [-0.05, 0) is 51.9 Å². The molecule has 0 aromatic rings. The molecule has 3 heteroatoms. The number of rotatable bonds is 6. The van der Waals surface area contributed by atoms with Crippen LogP contribution in [-0.2, 0) is 9.53 Å². The summed E-state index contributed by atoms with van der Waals surface area (Å²) in [5.74, 6) is 0.914. The second-order valence-corrected chi connectivity index (χ2v) is 6.79. The van der Waals surface area contributed by atoms with Gasteiger partial charge in [-0.3, -0.25) is 4.79 Å². The molecule has 19 heavy (non-hydrogen) atoms. The minimum Gasteiger partial charge on any atom is -0.375 e. The predicted molar refractivity (Wildman–Crippen MR) is 76.9 cm³/mol. The van der Waals surface area contributed by atoms with Gasteiger partial charge in [-0.2, -0.15) is 0 Å². The van der Waals surface area contributed by atoms with Gasteiger partial charge in [-0.25, -0.2) is 0 Å². The SMILES string of the molecule is CC(N)CCCC(C)C(=O)C1CCOC2(CCC2)C1. The van der Waals surface area contributed by atoms with Crippen molar-refractivity contribution in [2.45, 2.75) is 76.9 Å². The van der Waals surface area contributed by atoms with E-state index < -0.39 is 0 Å². The number of ether oxygens (including phenoxy) is 1. The summed E-state index contributed by atoms with van der Waals surface area (Å²) in [7, 11) is 0. The Kier molecular flexibility index (Phi) is 5.02. The van der Waals surface area contributed by atoms with Crippen LogP contribution in [0.2, 0.25) is 0 Å². The number of nitrogens with two attached hydrogens (primary N) is 1. The molecule has 1 heterocycles. The van der Waals surface area contributed by atoms with Crippen LogP contribution in [0.3, 0.4) is 0 Å². The lowest BCUT2D eigenvalue weighted by Crippen LogP contribution is -2.47. The first-order valence-electron chi connectivity index (χ1n) is 7.96. The van der Waals surface area contributed by atoms with Gasteiger partial charge < -0.3 is 10.5 Å². The smallest absolute Gasteiger partial charge is 0.138 e. The first-order chi connectivity index (χ1) is 9.02. The van der Waals surface area contributed by atoms with Crippen molar-refractivity contribution in [1.29, 1.82) is 0 Å². The Bertz CT molecular complexity index is 310. The molecule has 3 unspecified atom stereocenters. The van der Waals surface area contributed by atoms with Crippen molar-refractivity contribution >= 4 is 5.78 Å². The maximum Gasteiger partial charge on any atom is 0.138 e. The Balaban J connectivity index is 1.78. The number of Topliss-reactive ketones (excluding diaryl/α,β-unsaturated/α-hetero) is 1. The lowest BCUT2D eigenvalue weighted by Gasteiger charge is -2.47. The fourth-order valence-corrected chi connectivity index (χ4v) is 3.48. The summed E-state index contributed by atoms with van der Waals surface area (Å²) in [6.45, 7) is 4.90. The van der Waals surface area contributed by atoms with Crippen molar-refractivity contribution in [1.82, 2.24) is 0 Å². The molecule has 0 radical (unpaired) electrons. The number of carbonyl (C=O) groups excluding carboxylic acids is 1. The molecule has 2 rings (SSSR count). The Labute approximate surface area is 117 Å². The van der Waals surface area contributed by atoms with Crippen LogP contribution in [0.1, 0.15) is 65.2 Å². The van der Waals surface area contributed by atoms with Gasteiger partial charge in [-0.15, -0.1) is 0 Å². The normalized spacial score (nSPS) is 28.7. The summed E-state index contributed by atoms with van der Waals surface area (Å²) in [5.41, 5.74) is 5.84. The van der Waals surface area contributed by atoms with E-state index in [9.17, 15) is 4.79 Å². The minimum absolute atomic E-state index is 0.0874. The molecule has 110 valence electrons. The highest BCUT2D eigenvalue weighted by Gasteiger charge is 2.44. The van der Waals surface area contributed by atoms with E-state index in [1.54, 1.807) is 0 Å². The van der Waals surface area contributed by atoms with Crippen LogP contribution in [0.25, 0.3) is 0 Å². The van der Waals surface area contributed by atoms with Crippen molar-refractivity contribution in [3.63, 3.8) is 0 Å². The highest BCUT2D eigenvalue weighted by atomic mass is 16.5. The van der Waals surface area contributed by atoms with Crippen molar-refractivity contribution in [3.8, 4) is 0 Å². The number of hydrogen-bond acceptors (Lipinski definition) is 3. The largest absolute Gasteiger partial charge is 0.375 e. The third kappa shape index (κ3) is 3.79. The second-order valence-electron chi connectivity index (χ2n) is 6.79. The van der Waals surface area contributed by atoms with Crippen LogP contribution >= 0.6 is 0 Å². The van der Waals surface area contributed by atoms with Crippen molar-refractivity contribution in [3.05, 3.63) is 0 Å². The van der Waals surface area contributed by atoms with Crippen molar-refractivity contribution in [2.75, 3.05) is 6.61 Å². The van der Waals surface area contributed by atoms with Crippen LogP contribution in [0.5, 0.6) is 0 Å². The van der Waals surface area contributed by atoms with E-state index in [4.69, 9.17) is 10.5 Å². The van der Waals surface area contributed by atoms with Gasteiger partial charge in [0.15, 0.2) is 0 Å². The first-order valence-corrected chi connectivity index (χ1v) is 7.96. The molecule has 1 saturated heterocycles. The Hall–Kier alpha value is -0.410. The predicted octanol–water partition coefficient (Wildman–Crippen LogP) is 3.06. The summed E-state index contributed by atoms with van der Waals surface area (Å²) >= 11 is 0. The molecule has 0 amide bonds. The first kappa shape index (κ1) is 15.0. The van der Waals surface area contributed by atoms with Gasteiger partial charge in [0.1, 0.15) is 5.78 Å². The molecule has 3 nitrogen and oxygen atoms in total. The molecule has 1 saturated carbocycles. The Morgan fingerprint density at radius 1 is 1.37 bits per heavy atom. The highest BCUT2D eigenvalue weighted by Crippen LogP contribution is 2.45. The van der Waals surface area contributed by atoms with Crippen LogP contribution in [0.4, 0.5) is 0 Å². The topological polar surface area (TPSA) is 52.3 Å². The number of carbonyl (C=O) groups is 1. The molecule has 2 fully saturated rings. The van der Waals surface area contributed by atoms with Crippen molar-refractivity contribution < 1.29 is 9.53 Å². The van der Waals surface area contributed by atoms with Gasteiger partial charge >= 0.3 is 0 Å². The summed E-state index contributed by atoms with van der Waals surface area (Å²) in [4.78, 5) is 12.5. The van der Waals surface area contributed by atoms with Crippen molar-refractivity contribution in [2.24, 2.45) is 17.6 Å². The van der Waals surface area contributed by atoms with Gasteiger partial charge in [0.2, 0.25) is 0 Å². The average Bonchev–Trinajstić information content (AvgIpc) is 2.35. The summed E-state index contributed by atoms with van der Waals surface area (Å²) in [6, 6.07) is 0.253. The fraction of sp³-hybridized carbons (Fsp3) is 0.938. The quantitative estimate of drug-likeness (QED) is 0.804. The molecule has 2 N–H and O–H groups in total. The summed E-state index contributed by atoms with van der Waals surface area (Å²) in [5, 5.41) is 0. The number of ketones is 1. The Morgan fingerprint density at radius 2 is 2.11 bits per heavy atom. The van der Waals surface area contributed by atoms with E-state index >= 15 is 0 Å². The lowest BCUT2D eigenvalue weighted by molar-refractivity contribution is -0.157. The molecular formula is C16H29NO2. The van der Waals surface area contributed by atoms with Crippen LogP contribution < -0.4 is 5.73 Å². The monoisotopic (exact) mass is 267 g/mol. The van der Waals surface area contributed by atoms with Crippen LogP contribution in [0.15, 0.2) is 0 Å². The third-order valence-electron chi connectivity index (χ3n) is 4.94. The zero-order chi connectivity index (χ0) is 13.9. The molecule has 1 aliphatic heterocycles. The molecule has 0 bridgehead atoms. The van der Waals surface area contributed by atoms with Gasteiger partial charge in [0, 0.05) is 24.5 Å². The van der Waals surface area contributed by atoms with E-state index in [0.717, 1.165) is 51.6 Å². The summed E-state index contributed by atoms with van der Waals surface area (Å²) in [6.07, 6.45) is 8.58. The molecule has 3 atom stereocenters. The maximum absolute atomic E-state index is 12.5. The van der Waals surface area contributed by atoms with E-state index in [1.165, 1.54) is 6.42 Å². The van der Waals surface area contributed by atoms with E-state index in [-0.39, 0.29) is 23.5 Å². The zero-order valence-electron chi connectivity index (χ0n) is 12.5. The molecular weight excluding hydrogens is 238 g/mol. The van der Waals surface area contributed by atoms with E-state index in [0.29, 0.717) is 5.78 Å². The third-order valence-corrected chi connectivity index (χ3v) is 4.94. The zero-order valence-corrected chi connectivity index (χ0v) is 12.5. The standard InChI is InChI=1S/C16H29NO2/c1-12(5-3-6-13(2)17)15(18)14-7-10-19-16(11-14)8-4-9-16/h12-14H,3-11,17H2,1-2H3.